The second kappa shape index (κ2) is 7.33. The van der Waals surface area contributed by atoms with E-state index in [1.54, 1.807) is 0 Å². The molecule has 2 heterocycles. The van der Waals surface area contributed by atoms with Crippen LogP contribution in [0, 0.1) is 27.7 Å². The van der Waals surface area contributed by atoms with Gasteiger partial charge in [0, 0.05) is 10.6 Å². The van der Waals surface area contributed by atoms with Crippen molar-refractivity contribution in [2.24, 2.45) is 0 Å². The molecule has 2 amide bonds. The Morgan fingerprint density at radius 1 is 0.828 bits per heavy atom. The van der Waals surface area contributed by atoms with Gasteiger partial charge < -0.3 is 5.32 Å². The number of nitrogens with zero attached hydrogens (tertiary/aromatic N) is 1. The molecule has 2 aromatic carbocycles. The van der Waals surface area contributed by atoms with Crippen LogP contribution in [-0.2, 0) is 9.59 Å². The van der Waals surface area contributed by atoms with Gasteiger partial charge in [-0.25, -0.2) is 4.90 Å². The fourth-order valence-corrected chi connectivity index (χ4v) is 4.25. The van der Waals surface area contributed by atoms with Crippen molar-refractivity contribution < 1.29 is 9.59 Å². The number of benzene rings is 2. The molecular formula is C24H22N2O2S. The van der Waals surface area contributed by atoms with Crippen LogP contribution >= 0.6 is 11.3 Å². The van der Waals surface area contributed by atoms with E-state index >= 15 is 0 Å². The first-order valence-electron chi connectivity index (χ1n) is 9.45. The van der Waals surface area contributed by atoms with E-state index in [-0.39, 0.29) is 11.8 Å². The molecule has 1 aliphatic heterocycles. The number of hydrogen-bond donors (Lipinski definition) is 1. The largest absolute Gasteiger partial charge is 0.350 e. The van der Waals surface area contributed by atoms with Gasteiger partial charge in [-0.3, -0.25) is 9.59 Å². The van der Waals surface area contributed by atoms with Crippen LogP contribution in [0.25, 0.3) is 5.57 Å². The van der Waals surface area contributed by atoms with Crippen LogP contribution in [0.15, 0.2) is 59.6 Å². The van der Waals surface area contributed by atoms with E-state index in [2.05, 4.69) is 5.32 Å². The van der Waals surface area contributed by atoms with Gasteiger partial charge in [0.15, 0.2) is 0 Å². The third-order valence-electron chi connectivity index (χ3n) is 5.11. The van der Waals surface area contributed by atoms with Crippen molar-refractivity contribution in [3.63, 3.8) is 0 Å². The molecule has 4 rings (SSSR count). The zero-order chi connectivity index (χ0) is 20.7. The second-order valence-corrected chi connectivity index (χ2v) is 8.35. The van der Waals surface area contributed by atoms with Crippen molar-refractivity contribution in [2.75, 3.05) is 10.2 Å². The van der Waals surface area contributed by atoms with E-state index in [0.717, 1.165) is 32.8 Å². The van der Waals surface area contributed by atoms with Crippen LogP contribution in [0.5, 0.6) is 0 Å². The minimum Gasteiger partial charge on any atom is -0.350 e. The summed E-state index contributed by atoms with van der Waals surface area (Å²) in [6.07, 6.45) is 0. The summed E-state index contributed by atoms with van der Waals surface area (Å²) in [4.78, 5) is 29.0. The number of aryl methyl sites for hydroxylation is 4. The first-order chi connectivity index (χ1) is 13.9. The summed E-state index contributed by atoms with van der Waals surface area (Å²) < 4.78 is 0. The Morgan fingerprint density at radius 3 is 2.21 bits per heavy atom. The molecule has 0 saturated carbocycles. The number of carbonyl (C=O) groups is 2. The lowest BCUT2D eigenvalue weighted by Gasteiger charge is -2.18. The minimum absolute atomic E-state index is 0.293. The Labute approximate surface area is 174 Å². The Balaban J connectivity index is 1.85. The lowest BCUT2D eigenvalue weighted by atomic mass is 10.1. The Bertz CT molecular complexity index is 1160. The highest BCUT2D eigenvalue weighted by molar-refractivity contribution is 7.11. The second-order valence-electron chi connectivity index (χ2n) is 7.41. The van der Waals surface area contributed by atoms with Crippen LogP contribution in [0.1, 0.15) is 27.1 Å². The predicted molar refractivity (Wildman–Crippen MR) is 119 cm³/mol. The molecule has 0 aliphatic carbocycles. The fourth-order valence-electron chi connectivity index (χ4n) is 3.48. The van der Waals surface area contributed by atoms with Gasteiger partial charge in [-0.15, -0.1) is 11.3 Å². The molecule has 146 valence electrons. The fraction of sp³-hybridized carbons (Fsp3) is 0.167. The first kappa shape index (κ1) is 19.2. The lowest BCUT2D eigenvalue weighted by molar-refractivity contribution is -0.120. The molecule has 1 aromatic heterocycles. The summed E-state index contributed by atoms with van der Waals surface area (Å²) in [6, 6.07) is 15.6. The molecule has 0 fully saturated rings. The number of anilines is 2. The van der Waals surface area contributed by atoms with Crippen LogP contribution < -0.4 is 10.2 Å². The number of carbonyl (C=O) groups excluding carboxylic acids is 2. The number of thiophene rings is 1. The third kappa shape index (κ3) is 3.38. The van der Waals surface area contributed by atoms with Crippen molar-refractivity contribution in [2.45, 2.75) is 27.7 Å². The number of rotatable bonds is 4. The maximum Gasteiger partial charge on any atom is 0.282 e. The Morgan fingerprint density at radius 2 is 1.52 bits per heavy atom. The SMILES string of the molecule is Cc1ccc(C)c(NC2=C(c3cccs3)C(=O)N(c3cc(C)ccc3C)C2=O)c1. The summed E-state index contributed by atoms with van der Waals surface area (Å²) in [5.41, 5.74) is 6.19. The molecule has 0 unspecified atom stereocenters. The number of amides is 2. The normalized spacial score (nSPS) is 14.1. The van der Waals surface area contributed by atoms with Crippen LogP contribution in [0.3, 0.4) is 0 Å². The van der Waals surface area contributed by atoms with Gasteiger partial charge in [-0.05, 0) is 73.5 Å². The van der Waals surface area contributed by atoms with E-state index in [9.17, 15) is 9.59 Å². The Hall–Kier alpha value is -3.18. The number of nitrogens with one attached hydrogen (secondary N) is 1. The molecule has 5 heteroatoms. The maximum atomic E-state index is 13.5. The standard InChI is InChI=1S/C24H22N2O2S/c1-14-7-9-16(3)18(12-14)25-22-21(20-6-5-11-29-20)23(27)26(24(22)28)19-13-15(2)8-10-17(19)4/h5-13,25H,1-4H3. The minimum atomic E-state index is -0.326. The maximum absolute atomic E-state index is 13.5. The highest BCUT2D eigenvalue weighted by Gasteiger charge is 2.41. The topological polar surface area (TPSA) is 49.4 Å². The van der Waals surface area contributed by atoms with Crippen molar-refractivity contribution in [3.05, 3.63) is 86.7 Å². The van der Waals surface area contributed by atoms with Gasteiger partial charge in [0.25, 0.3) is 11.8 Å². The summed E-state index contributed by atoms with van der Waals surface area (Å²) in [6.45, 7) is 7.85. The van der Waals surface area contributed by atoms with E-state index in [0.29, 0.717) is 17.0 Å². The molecular weight excluding hydrogens is 380 g/mol. The summed E-state index contributed by atoms with van der Waals surface area (Å²) in [5, 5.41) is 5.19. The number of imide groups is 1. The van der Waals surface area contributed by atoms with Crippen molar-refractivity contribution in [1.29, 1.82) is 0 Å². The summed E-state index contributed by atoms with van der Waals surface area (Å²) >= 11 is 1.45. The molecule has 0 bridgehead atoms. The van der Waals surface area contributed by atoms with Crippen LogP contribution in [0.4, 0.5) is 11.4 Å². The Kier molecular flexibility index (Phi) is 4.84. The molecule has 3 aromatic rings. The van der Waals surface area contributed by atoms with Gasteiger partial charge in [-0.2, -0.15) is 0 Å². The number of hydrogen-bond acceptors (Lipinski definition) is 4. The molecule has 1 aliphatic rings. The van der Waals surface area contributed by atoms with Gasteiger partial charge in [0.2, 0.25) is 0 Å². The van der Waals surface area contributed by atoms with Crippen molar-refractivity contribution in [1.82, 2.24) is 0 Å². The van der Waals surface area contributed by atoms with Crippen molar-refractivity contribution in [3.8, 4) is 0 Å². The molecule has 0 saturated heterocycles. The molecule has 0 spiro atoms. The highest BCUT2D eigenvalue weighted by atomic mass is 32.1. The highest BCUT2D eigenvalue weighted by Crippen LogP contribution is 2.37. The van der Waals surface area contributed by atoms with Crippen LogP contribution in [-0.4, -0.2) is 11.8 Å². The first-order valence-corrected chi connectivity index (χ1v) is 10.3. The van der Waals surface area contributed by atoms with Gasteiger partial charge >= 0.3 is 0 Å². The van der Waals surface area contributed by atoms with Gasteiger partial charge in [-0.1, -0.05) is 30.3 Å². The molecule has 0 radical (unpaired) electrons. The molecule has 1 N–H and O–H groups in total. The van der Waals surface area contributed by atoms with Gasteiger partial charge in [0.05, 0.1) is 11.3 Å². The van der Waals surface area contributed by atoms with E-state index in [1.165, 1.54) is 16.2 Å². The predicted octanol–water partition coefficient (Wildman–Crippen LogP) is 5.38. The monoisotopic (exact) mass is 402 g/mol. The van der Waals surface area contributed by atoms with E-state index < -0.39 is 0 Å². The van der Waals surface area contributed by atoms with E-state index in [1.807, 2.05) is 81.6 Å². The summed E-state index contributed by atoms with van der Waals surface area (Å²) in [5.74, 6) is -0.619. The average Bonchev–Trinajstić information content (AvgIpc) is 3.28. The third-order valence-corrected chi connectivity index (χ3v) is 6.00. The smallest absolute Gasteiger partial charge is 0.282 e. The quantitative estimate of drug-likeness (QED) is 0.596. The zero-order valence-electron chi connectivity index (χ0n) is 16.9. The molecule has 29 heavy (non-hydrogen) atoms. The van der Waals surface area contributed by atoms with E-state index in [4.69, 9.17) is 0 Å². The van der Waals surface area contributed by atoms with Crippen molar-refractivity contribution >= 4 is 40.1 Å². The zero-order valence-corrected chi connectivity index (χ0v) is 17.7. The molecule has 4 nitrogen and oxygen atoms in total. The lowest BCUT2D eigenvalue weighted by Crippen LogP contribution is -2.33. The molecule has 0 atom stereocenters. The van der Waals surface area contributed by atoms with Crippen LogP contribution in [0.2, 0.25) is 0 Å². The average molecular weight is 403 g/mol. The summed E-state index contributed by atoms with van der Waals surface area (Å²) in [7, 11) is 0. The van der Waals surface area contributed by atoms with Gasteiger partial charge in [0.1, 0.15) is 5.70 Å².